The van der Waals surface area contributed by atoms with Crippen LogP contribution in [0.5, 0.6) is 0 Å². The second-order valence-corrected chi connectivity index (χ2v) is 8.19. The predicted molar refractivity (Wildman–Crippen MR) is 95.6 cm³/mol. The van der Waals surface area contributed by atoms with Gasteiger partial charge in [-0.15, -0.1) is 0 Å². The van der Waals surface area contributed by atoms with Crippen LogP contribution in [0.25, 0.3) is 0 Å². The third-order valence-corrected chi connectivity index (χ3v) is 6.22. The molecule has 2 unspecified atom stereocenters. The fourth-order valence-electron chi connectivity index (χ4n) is 2.34. The quantitative estimate of drug-likeness (QED) is 0.769. The molecule has 2 rings (SSSR count). The minimum atomic E-state index is -3.68. The maximum atomic E-state index is 14.0. The molecule has 130 valence electrons. The van der Waals surface area contributed by atoms with Crippen LogP contribution < -0.4 is 10.2 Å². The van der Waals surface area contributed by atoms with Crippen molar-refractivity contribution in [3.05, 3.63) is 59.9 Å². The van der Waals surface area contributed by atoms with E-state index in [1.807, 2.05) is 25.9 Å². The van der Waals surface area contributed by atoms with Crippen molar-refractivity contribution in [3.63, 3.8) is 0 Å². The summed E-state index contributed by atoms with van der Waals surface area (Å²) in [5.41, 5.74) is 0.912. The first-order valence-corrected chi connectivity index (χ1v) is 9.54. The smallest absolute Gasteiger partial charge is 0.264 e. The number of hydrogen-bond donors (Lipinski definition) is 1. The van der Waals surface area contributed by atoms with E-state index in [0.29, 0.717) is 11.7 Å². The zero-order chi connectivity index (χ0) is 17.7. The lowest BCUT2D eigenvalue weighted by atomic mass is 10.2. The SMILES string of the molecule is CCCOP(=O)(c1ccc(N(C)C)cc1)C(O)c1ccccc1F. The summed E-state index contributed by atoms with van der Waals surface area (Å²) in [7, 11) is 0.117. The fraction of sp³-hybridized carbons (Fsp3) is 0.333. The number of rotatable bonds is 7. The van der Waals surface area contributed by atoms with Gasteiger partial charge in [0.1, 0.15) is 5.82 Å². The third-order valence-electron chi connectivity index (χ3n) is 3.72. The Morgan fingerprint density at radius 3 is 2.33 bits per heavy atom. The first kappa shape index (κ1) is 18.7. The van der Waals surface area contributed by atoms with E-state index in [1.165, 1.54) is 18.2 Å². The highest BCUT2D eigenvalue weighted by molar-refractivity contribution is 7.67. The molecule has 24 heavy (non-hydrogen) atoms. The van der Waals surface area contributed by atoms with Gasteiger partial charge in [-0.05, 0) is 36.8 Å². The van der Waals surface area contributed by atoms with Gasteiger partial charge >= 0.3 is 0 Å². The van der Waals surface area contributed by atoms with E-state index in [2.05, 4.69) is 0 Å². The molecule has 2 aromatic rings. The molecule has 1 N–H and O–H groups in total. The van der Waals surface area contributed by atoms with Crippen LogP contribution in [0.3, 0.4) is 0 Å². The largest absolute Gasteiger partial charge is 0.378 e. The number of halogens is 1. The van der Waals surface area contributed by atoms with Gasteiger partial charge in [-0.2, -0.15) is 0 Å². The molecule has 0 radical (unpaired) electrons. The number of benzene rings is 2. The van der Waals surface area contributed by atoms with Crippen LogP contribution in [0, 0.1) is 5.82 Å². The van der Waals surface area contributed by atoms with Gasteiger partial charge in [-0.25, -0.2) is 4.39 Å². The molecule has 0 fully saturated rings. The Morgan fingerprint density at radius 2 is 1.79 bits per heavy atom. The molecular weight excluding hydrogens is 328 g/mol. The van der Waals surface area contributed by atoms with Crippen LogP contribution in [-0.4, -0.2) is 25.8 Å². The van der Waals surface area contributed by atoms with Gasteiger partial charge in [-0.3, -0.25) is 4.57 Å². The van der Waals surface area contributed by atoms with Gasteiger partial charge in [0.05, 0.1) is 6.61 Å². The van der Waals surface area contributed by atoms with Crippen molar-refractivity contribution in [2.45, 2.75) is 19.2 Å². The van der Waals surface area contributed by atoms with Gasteiger partial charge in [0.2, 0.25) is 0 Å². The van der Waals surface area contributed by atoms with Crippen molar-refractivity contribution in [2.24, 2.45) is 0 Å². The van der Waals surface area contributed by atoms with E-state index in [4.69, 9.17) is 4.52 Å². The zero-order valence-electron chi connectivity index (χ0n) is 14.1. The molecule has 2 atom stereocenters. The van der Waals surface area contributed by atoms with Crippen LogP contribution in [0.1, 0.15) is 24.8 Å². The van der Waals surface area contributed by atoms with E-state index in [1.54, 1.807) is 30.3 Å². The highest BCUT2D eigenvalue weighted by Crippen LogP contribution is 2.58. The summed E-state index contributed by atoms with van der Waals surface area (Å²) in [4.78, 5) is 1.91. The highest BCUT2D eigenvalue weighted by atomic mass is 31.2. The summed E-state index contributed by atoms with van der Waals surface area (Å²) in [6.45, 7) is 2.10. The molecule has 0 aliphatic heterocycles. The van der Waals surface area contributed by atoms with Crippen LogP contribution >= 0.6 is 7.37 Å². The molecule has 0 spiro atoms. The summed E-state index contributed by atoms with van der Waals surface area (Å²) in [6.07, 6.45) is 0.643. The molecule has 6 heteroatoms. The van der Waals surface area contributed by atoms with Crippen molar-refractivity contribution in [1.82, 2.24) is 0 Å². The monoisotopic (exact) mass is 351 g/mol. The zero-order valence-corrected chi connectivity index (χ0v) is 15.0. The van der Waals surface area contributed by atoms with Gasteiger partial charge in [-0.1, -0.05) is 25.1 Å². The highest BCUT2D eigenvalue weighted by Gasteiger charge is 2.37. The molecule has 4 nitrogen and oxygen atoms in total. The fourth-order valence-corrected chi connectivity index (χ4v) is 4.51. The molecule has 2 aromatic carbocycles. The second-order valence-electron chi connectivity index (χ2n) is 5.74. The number of aliphatic hydroxyl groups excluding tert-OH is 1. The maximum absolute atomic E-state index is 14.0. The van der Waals surface area contributed by atoms with E-state index in [-0.39, 0.29) is 12.2 Å². The topological polar surface area (TPSA) is 49.8 Å². The number of nitrogens with zero attached hydrogens (tertiary/aromatic N) is 1. The van der Waals surface area contributed by atoms with Gasteiger partial charge in [0.15, 0.2) is 5.85 Å². The van der Waals surface area contributed by atoms with Gasteiger partial charge < -0.3 is 14.5 Å². The van der Waals surface area contributed by atoms with E-state index < -0.39 is 19.0 Å². The normalized spacial score (nSPS) is 14.9. The first-order valence-electron chi connectivity index (χ1n) is 7.85. The first-order chi connectivity index (χ1) is 11.4. The summed E-state index contributed by atoms with van der Waals surface area (Å²) in [5.74, 6) is -2.15. The molecule has 0 heterocycles. The number of anilines is 1. The third kappa shape index (κ3) is 3.86. The maximum Gasteiger partial charge on any atom is 0.264 e. The van der Waals surface area contributed by atoms with Crippen LogP contribution in [0.15, 0.2) is 48.5 Å². The van der Waals surface area contributed by atoms with Crippen molar-refractivity contribution >= 4 is 18.4 Å². The summed E-state index contributed by atoms with van der Waals surface area (Å²) >= 11 is 0. The minimum absolute atomic E-state index is 0.0198. The summed E-state index contributed by atoms with van der Waals surface area (Å²) in [5, 5.41) is 11.0. The summed E-state index contributed by atoms with van der Waals surface area (Å²) < 4.78 is 33.1. The van der Waals surface area contributed by atoms with Gasteiger partial charge in [0, 0.05) is 30.7 Å². The molecule has 0 aliphatic carbocycles. The molecule has 0 amide bonds. The van der Waals surface area contributed by atoms with Gasteiger partial charge in [0.25, 0.3) is 7.37 Å². The molecule has 0 saturated heterocycles. The van der Waals surface area contributed by atoms with Crippen molar-refractivity contribution < 1.29 is 18.6 Å². The van der Waals surface area contributed by atoms with Crippen LogP contribution in [0.4, 0.5) is 10.1 Å². The lowest BCUT2D eigenvalue weighted by Gasteiger charge is -2.25. The molecule has 0 bridgehead atoms. The molecule has 0 saturated carbocycles. The average molecular weight is 351 g/mol. The predicted octanol–water partition coefficient (Wildman–Crippen LogP) is 3.91. The van der Waals surface area contributed by atoms with E-state index in [0.717, 1.165) is 5.69 Å². The van der Waals surface area contributed by atoms with E-state index in [9.17, 15) is 14.1 Å². The lowest BCUT2D eigenvalue weighted by molar-refractivity contribution is 0.210. The molecule has 0 aromatic heterocycles. The van der Waals surface area contributed by atoms with Crippen molar-refractivity contribution in [3.8, 4) is 0 Å². The summed E-state index contributed by atoms with van der Waals surface area (Å²) in [6, 6.07) is 12.7. The standard InChI is InChI=1S/C18H23FNO3P/c1-4-13-23-24(22,15-11-9-14(10-12-15)20(2)3)18(21)16-7-5-6-8-17(16)19/h5-12,18,21H,4,13H2,1-3H3. The van der Waals surface area contributed by atoms with E-state index >= 15 is 0 Å². The van der Waals surface area contributed by atoms with Crippen LogP contribution in [0.2, 0.25) is 0 Å². The van der Waals surface area contributed by atoms with Crippen molar-refractivity contribution in [2.75, 3.05) is 25.6 Å². The number of hydrogen-bond acceptors (Lipinski definition) is 4. The Morgan fingerprint density at radius 1 is 1.17 bits per heavy atom. The van der Waals surface area contributed by atoms with Crippen molar-refractivity contribution in [1.29, 1.82) is 0 Å². The molecule has 0 aliphatic rings. The lowest BCUT2D eigenvalue weighted by Crippen LogP contribution is -2.17. The minimum Gasteiger partial charge on any atom is -0.378 e. The van der Waals surface area contributed by atoms with Crippen LogP contribution in [-0.2, 0) is 9.09 Å². The Kier molecular flexibility index (Phi) is 6.16. The second kappa shape index (κ2) is 7.93. The Bertz CT molecular complexity index is 718. The Balaban J connectivity index is 2.45. The Labute approximate surface area is 142 Å². The number of aliphatic hydroxyl groups is 1. The Hall–Kier alpha value is -1.68. The molecular formula is C18H23FNO3P. The average Bonchev–Trinajstić information content (AvgIpc) is 2.59.